The van der Waals surface area contributed by atoms with Gasteiger partial charge in [-0.05, 0) is 6.42 Å². The second-order valence-corrected chi connectivity index (χ2v) is 4.05. The SMILES string of the molecule is Cn1cc(N)c(C(=O)NCC2CCOC2)n1. The van der Waals surface area contributed by atoms with Crippen molar-refractivity contribution in [2.24, 2.45) is 13.0 Å². The molecule has 0 bridgehead atoms. The monoisotopic (exact) mass is 224 g/mol. The number of nitrogen functional groups attached to an aromatic ring is 1. The number of aromatic nitrogens is 2. The Labute approximate surface area is 93.8 Å². The molecule has 0 saturated carbocycles. The molecule has 0 aromatic carbocycles. The van der Waals surface area contributed by atoms with E-state index in [0.717, 1.165) is 19.6 Å². The summed E-state index contributed by atoms with van der Waals surface area (Å²) in [7, 11) is 1.73. The van der Waals surface area contributed by atoms with E-state index in [-0.39, 0.29) is 5.91 Å². The fourth-order valence-corrected chi connectivity index (χ4v) is 1.75. The highest BCUT2D eigenvalue weighted by atomic mass is 16.5. The van der Waals surface area contributed by atoms with Crippen LogP contribution < -0.4 is 11.1 Å². The van der Waals surface area contributed by atoms with Crippen LogP contribution in [0.1, 0.15) is 16.9 Å². The molecule has 16 heavy (non-hydrogen) atoms. The molecule has 1 aromatic rings. The normalized spacial score (nSPS) is 19.9. The molecule has 1 aromatic heterocycles. The lowest BCUT2D eigenvalue weighted by molar-refractivity contribution is 0.0940. The largest absolute Gasteiger partial charge is 0.396 e. The van der Waals surface area contributed by atoms with E-state index in [1.807, 2.05) is 0 Å². The first-order valence-electron chi connectivity index (χ1n) is 5.32. The van der Waals surface area contributed by atoms with E-state index >= 15 is 0 Å². The summed E-state index contributed by atoms with van der Waals surface area (Å²) in [6, 6.07) is 0. The van der Waals surface area contributed by atoms with E-state index in [2.05, 4.69) is 10.4 Å². The lowest BCUT2D eigenvalue weighted by Gasteiger charge is -2.08. The third-order valence-electron chi connectivity index (χ3n) is 2.65. The average molecular weight is 224 g/mol. The van der Waals surface area contributed by atoms with E-state index in [4.69, 9.17) is 10.5 Å². The van der Waals surface area contributed by atoms with Crippen LogP contribution in [0.15, 0.2) is 6.20 Å². The molecule has 6 heteroatoms. The lowest BCUT2D eigenvalue weighted by Crippen LogP contribution is -2.30. The average Bonchev–Trinajstić information content (AvgIpc) is 2.84. The Balaban J connectivity index is 1.90. The second kappa shape index (κ2) is 4.52. The first kappa shape index (κ1) is 10.9. The van der Waals surface area contributed by atoms with Gasteiger partial charge in [0.05, 0.1) is 12.3 Å². The quantitative estimate of drug-likeness (QED) is 0.743. The molecule has 1 fully saturated rings. The molecule has 2 rings (SSSR count). The number of anilines is 1. The van der Waals surface area contributed by atoms with Gasteiger partial charge in [-0.1, -0.05) is 0 Å². The zero-order valence-corrected chi connectivity index (χ0v) is 9.27. The lowest BCUT2D eigenvalue weighted by atomic mass is 10.1. The molecule has 0 radical (unpaired) electrons. The van der Waals surface area contributed by atoms with Gasteiger partial charge in [-0.15, -0.1) is 0 Å². The van der Waals surface area contributed by atoms with E-state index in [9.17, 15) is 4.79 Å². The van der Waals surface area contributed by atoms with Crippen LogP contribution in [0.3, 0.4) is 0 Å². The van der Waals surface area contributed by atoms with Crippen LogP contribution in [-0.4, -0.2) is 35.4 Å². The zero-order valence-electron chi connectivity index (χ0n) is 9.27. The summed E-state index contributed by atoms with van der Waals surface area (Å²) in [5.74, 6) is 0.193. The van der Waals surface area contributed by atoms with Crippen molar-refractivity contribution in [1.82, 2.24) is 15.1 Å². The molecular formula is C10H16N4O2. The Bertz CT molecular complexity index is 382. The summed E-state index contributed by atoms with van der Waals surface area (Å²) in [4.78, 5) is 11.7. The van der Waals surface area contributed by atoms with Gasteiger partial charge in [0.2, 0.25) is 0 Å². The molecule has 1 atom stereocenters. The molecule has 88 valence electrons. The number of rotatable bonds is 3. The number of amides is 1. The third kappa shape index (κ3) is 2.33. The van der Waals surface area contributed by atoms with Crippen LogP contribution >= 0.6 is 0 Å². The summed E-state index contributed by atoms with van der Waals surface area (Å²) < 4.78 is 6.76. The predicted molar refractivity (Wildman–Crippen MR) is 58.9 cm³/mol. The van der Waals surface area contributed by atoms with Crippen LogP contribution in [0.4, 0.5) is 5.69 Å². The molecule has 1 aliphatic rings. The Morgan fingerprint density at radius 3 is 3.19 bits per heavy atom. The van der Waals surface area contributed by atoms with Crippen LogP contribution in [0.25, 0.3) is 0 Å². The van der Waals surface area contributed by atoms with Gasteiger partial charge in [-0.3, -0.25) is 9.48 Å². The summed E-state index contributed by atoms with van der Waals surface area (Å²) >= 11 is 0. The highest BCUT2D eigenvalue weighted by Crippen LogP contribution is 2.12. The van der Waals surface area contributed by atoms with Crippen LogP contribution in [0, 0.1) is 5.92 Å². The molecular weight excluding hydrogens is 208 g/mol. The minimum absolute atomic E-state index is 0.218. The highest BCUT2D eigenvalue weighted by molar-refractivity contribution is 5.96. The number of aryl methyl sites for hydroxylation is 1. The first-order valence-corrected chi connectivity index (χ1v) is 5.32. The number of nitrogens with two attached hydrogens (primary N) is 1. The molecule has 6 nitrogen and oxygen atoms in total. The van der Waals surface area contributed by atoms with E-state index < -0.39 is 0 Å². The molecule has 0 aliphatic carbocycles. The maximum Gasteiger partial charge on any atom is 0.273 e. The highest BCUT2D eigenvalue weighted by Gasteiger charge is 2.18. The van der Waals surface area contributed by atoms with Crippen molar-refractivity contribution in [3.8, 4) is 0 Å². The van der Waals surface area contributed by atoms with Gasteiger partial charge in [-0.25, -0.2) is 0 Å². The van der Waals surface area contributed by atoms with Gasteiger partial charge >= 0.3 is 0 Å². The Kier molecular flexibility index (Phi) is 3.09. The Morgan fingerprint density at radius 1 is 1.81 bits per heavy atom. The zero-order chi connectivity index (χ0) is 11.5. The maximum atomic E-state index is 11.7. The maximum absolute atomic E-state index is 11.7. The molecule has 1 aliphatic heterocycles. The van der Waals surface area contributed by atoms with Crippen molar-refractivity contribution in [2.45, 2.75) is 6.42 Å². The Morgan fingerprint density at radius 2 is 2.62 bits per heavy atom. The molecule has 0 spiro atoms. The fraction of sp³-hybridized carbons (Fsp3) is 0.600. The van der Waals surface area contributed by atoms with Crippen molar-refractivity contribution in [3.05, 3.63) is 11.9 Å². The molecule has 1 unspecified atom stereocenters. The summed E-state index contributed by atoms with van der Waals surface area (Å²) in [5, 5.41) is 6.82. The van der Waals surface area contributed by atoms with Gasteiger partial charge in [0.15, 0.2) is 5.69 Å². The van der Waals surface area contributed by atoms with Gasteiger partial charge in [-0.2, -0.15) is 5.10 Å². The standard InChI is InChI=1S/C10H16N4O2/c1-14-5-8(11)9(13-14)10(15)12-4-7-2-3-16-6-7/h5,7H,2-4,6,11H2,1H3,(H,12,15). The second-order valence-electron chi connectivity index (χ2n) is 4.05. The van der Waals surface area contributed by atoms with E-state index in [1.54, 1.807) is 13.2 Å². The number of carbonyl (C=O) groups is 1. The van der Waals surface area contributed by atoms with Gasteiger partial charge in [0, 0.05) is 32.3 Å². The summed E-state index contributed by atoms with van der Waals surface area (Å²) in [5.41, 5.74) is 6.36. The number of carbonyl (C=O) groups excluding carboxylic acids is 1. The fourth-order valence-electron chi connectivity index (χ4n) is 1.75. The van der Waals surface area contributed by atoms with Gasteiger partial charge in [0.25, 0.3) is 5.91 Å². The topological polar surface area (TPSA) is 82.2 Å². The van der Waals surface area contributed by atoms with Crippen molar-refractivity contribution in [2.75, 3.05) is 25.5 Å². The van der Waals surface area contributed by atoms with Gasteiger partial charge < -0.3 is 15.8 Å². The first-order chi connectivity index (χ1) is 7.66. The molecule has 1 saturated heterocycles. The minimum atomic E-state index is -0.218. The predicted octanol–water partition coefficient (Wildman–Crippen LogP) is -0.231. The molecule has 2 heterocycles. The third-order valence-corrected chi connectivity index (χ3v) is 2.65. The summed E-state index contributed by atoms with van der Waals surface area (Å²) in [6.45, 7) is 2.12. The smallest absolute Gasteiger partial charge is 0.273 e. The number of nitrogens with zero attached hydrogens (tertiary/aromatic N) is 2. The van der Waals surface area contributed by atoms with Crippen molar-refractivity contribution < 1.29 is 9.53 Å². The van der Waals surface area contributed by atoms with Crippen molar-refractivity contribution in [3.63, 3.8) is 0 Å². The van der Waals surface area contributed by atoms with E-state index in [1.165, 1.54) is 4.68 Å². The number of hydrogen-bond acceptors (Lipinski definition) is 4. The molecule has 3 N–H and O–H groups in total. The number of hydrogen-bond donors (Lipinski definition) is 2. The minimum Gasteiger partial charge on any atom is -0.396 e. The number of ether oxygens (including phenoxy) is 1. The van der Waals surface area contributed by atoms with Crippen LogP contribution in [-0.2, 0) is 11.8 Å². The van der Waals surface area contributed by atoms with Crippen LogP contribution in [0.2, 0.25) is 0 Å². The number of nitrogens with one attached hydrogen (secondary N) is 1. The van der Waals surface area contributed by atoms with Crippen molar-refractivity contribution >= 4 is 11.6 Å². The summed E-state index contributed by atoms with van der Waals surface area (Å²) in [6.07, 6.45) is 2.62. The van der Waals surface area contributed by atoms with Crippen LogP contribution in [0.5, 0.6) is 0 Å². The van der Waals surface area contributed by atoms with Crippen molar-refractivity contribution in [1.29, 1.82) is 0 Å². The van der Waals surface area contributed by atoms with E-state index in [0.29, 0.717) is 23.8 Å². The Hall–Kier alpha value is -1.56. The molecule has 1 amide bonds. The van der Waals surface area contributed by atoms with Gasteiger partial charge in [0.1, 0.15) is 0 Å².